The number of carboxylic acid groups (broad SMARTS) is 1. The summed E-state index contributed by atoms with van der Waals surface area (Å²) in [7, 11) is 0. The van der Waals surface area contributed by atoms with Crippen LogP contribution in [0.4, 0.5) is 0 Å². The molecule has 366 valence electrons. The number of amides is 4. The SMILES string of the molecule is CC(C)C(=O)[C@H](C)CC(=O)[C@@H](NC(=O)CC[C@H](CC(=O)CCOCCOCCOCCOCCOCCOCCOCCOCCNC(=O)CCN1C(=O)C=CC1=O)C(=O)O)C(C)C. The first-order valence-electron chi connectivity index (χ1n) is 22.2. The third-order valence-electron chi connectivity index (χ3n) is 9.60. The second-order valence-electron chi connectivity index (χ2n) is 15.6. The summed E-state index contributed by atoms with van der Waals surface area (Å²) in [5.74, 6) is -5.27. The number of aliphatic carboxylic acids is 1. The lowest BCUT2D eigenvalue weighted by Gasteiger charge is -2.23. The van der Waals surface area contributed by atoms with Crippen molar-refractivity contribution < 1.29 is 81.4 Å². The van der Waals surface area contributed by atoms with Crippen molar-refractivity contribution >= 4 is 46.9 Å². The number of carbonyl (C=O) groups excluding carboxylic acids is 7. The number of ether oxygens (including phenoxy) is 8. The van der Waals surface area contributed by atoms with E-state index >= 15 is 0 Å². The van der Waals surface area contributed by atoms with E-state index in [0.29, 0.717) is 92.4 Å². The van der Waals surface area contributed by atoms with E-state index in [4.69, 9.17) is 37.9 Å². The van der Waals surface area contributed by atoms with Crippen LogP contribution in [0.3, 0.4) is 0 Å². The van der Waals surface area contributed by atoms with Crippen molar-refractivity contribution in [3.8, 4) is 0 Å². The van der Waals surface area contributed by atoms with Crippen LogP contribution in [0.2, 0.25) is 0 Å². The predicted octanol–water partition coefficient (Wildman–Crippen LogP) is 1.34. The molecule has 1 aliphatic rings. The van der Waals surface area contributed by atoms with E-state index in [0.717, 1.165) is 4.90 Å². The van der Waals surface area contributed by atoms with Gasteiger partial charge in [-0.15, -0.1) is 0 Å². The van der Waals surface area contributed by atoms with Gasteiger partial charge in [-0.3, -0.25) is 43.3 Å². The van der Waals surface area contributed by atoms with Gasteiger partial charge in [-0.1, -0.05) is 34.6 Å². The number of ketones is 3. The van der Waals surface area contributed by atoms with E-state index in [-0.39, 0.29) is 100.0 Å². The summed E-state index contributed by atoms with van der Waals surface area (Å²) in [6, 6.07) is -0.796. The molecule has 0 bridgehead atoms. The molecular formula is C44H73N3O17. The minimum atomic E-state index is -1.18. The summed E-state index contributed by atoms with van der Waals surface area (Å²) >= 11 is 0. The molecule has 0 saturated heterocycles. The van der Waals surface area contributed by atoms with E-state index in [2.05, 4.69) is 10.6 Å². The minimum absolute atomic E-state index is 0.0116. The molecule has 0 aromatic heterocycles. The van der Waals surface area contributed by atoms with Crippen LogP contribution in [0.25, 0.3) is 0 Å². The Labute approximate surface area is 377 Å². The van der Waals surface area contributed by atoms with Crippen LogP contribution in [0.15, 0.2) is 12.2 Å². The lowest BCUT2D eigenvalue weighted by Crippen LogP contribution is -2.45. The maximum atomic E-state index is 12.9. The number of carboxylic acids is 1. The number of hydrogen-bond acceptors (Lipinski definition) is 16. The number of nitrogens with zero attached hydrogens (tertiary/aromatic N) is 1. The lowest BCUT2D eigenvalue weighted by atomic mass is 9.88. The van der Waals surface area contributed by atoms with Crippen molar-refractivity contribution in [1.82, 2.24) is 15.5 Å². The molecule has 20 nitrogen and oxygen atoms in total. The van der Waals surface area contributed by atoms with E-state index in [9.17, 15) is 43.5 Å². The van der Waals surface area contributed by atoms with Crippen LogP contribution in [0, 0.1) is 23.7 Å². The Morgan fingerprint density at radius 2 is 1.02 bits per heavy atom. The number of nitrogens with one attached hydrogen (secondary N) is 2. The molecule has 0 radical (unpaired) electrons. The highest BCUT2D eigenvalue weighted by molar-refractivity contribution is 6.13. The predicted molar refractivity (Wildman–Crippen MR) is 230 cm³/mol. The third-order valence-corrected chi connectivity index (χ3v) is 9.60. The highest BCUT2D eigenvalue weighted by Crippen LogP contribution is 2.17. The molecule has 3 atom stereocenters. The van der Waals surface area contributed by atoms with Crippen molar-refractivity contribution in [2.75, 3.05) is 119 Å². The minimum Gasteiger partial charge on any atom is -0.481 e. The zero-order valence-electron chi connectivity index (χ0n) is 38.4. The molecule has 4 amide bonds. The van der Waals surface area contributed by atoms with Crippen molar-refractivity contribution in [1.29, 1.82) is 0 Å². The Morgan fingerprint density at radius 3 is 1.44 bits per heavy atom. The molecule has 64 heavy (non-hydrogen) atoms. The first-order chi connectivity index (χ1) is 30.6. The van der Waals surface area contributed by atoms with Crippen LogP contribution in [0.5, 0.6) is 0 Å². The molecular weight excluding hydrogens is 842 g/mol. The van der Waals surface area contributed by atoms with E-state index in [1.807, 2.05) is 0 Å². The van der Waals surface area contributed by atoms with Crippen molar-refractivity contribution in [2.24, 2.45) is 23.7 Å². The zero-order chi connectivity index (χ0) is 47.5. The summed E-state index contributed by atoms with van der Waals surface area (Å²) < 4.78 is 43.5. The Balaban J connectivity index is 1.91. The van der Waals surface area contributed by atoms with Gasteiger partial charge in [-0.05, 0) is 12.3 Å². The monoisotopic (exact) mass is 915 g/mol. The van der Waals surface area contributed by atoms with Gasteiger partial charge in [0.1, 0.15) is 11.6 Å². The maximum Gasteiger partial charge on any atom is 0.306 e. The topological polar surface area (TPSA) is 258 Å². The fraction of sp³-hybridized carbons (Fsp3) is 0.773. The van der Waals surface area contributed by atoms with E-state index in [1.54, 1.807) is 34.6 Å². The van der Waals surface area contributed by atoms with Gasteiger partial charge in [0, 0.05) is 69.2 Å². The van der Waals surface area contributed by atoms with E-state index in [1.165, 1.54) is 12.2 Å². The van der Waals surface area contributed by atoms with Crippen LogP contribution in [-0.4, -0.2) is 182 Å². The summed E-state index contributed by atoms with van der Waals surface area (Å²) in [5.41, 5.74) is 0. The second-order valence-corrected chi connectivity index (χ2v) is 15.6. The van der Waals surface area contributed by atoms with Gasteiger partial charge in [0.25, 0.3) is 11.8 Å². The normalized spacial score (nSPS) is 14.0. The zero-order valence-corrected chi connectivity index (χ0v) is 38.4. The lowest BCUT2D eigenvalue weighted by molar-refractivity contribution is -0.144. The van der Waals surface area contributed by atoms with Gasteiger partial charge >= 0.3 is 5.97 Å². The molecule has 0 aromatic rings. The highest BCUT2D eigenvalue weighted by Gasteiger charge is 2.29. The Kier molecular flexibility index (Phi) is 32.8. The van der Waals surface area contributed by atoms with Crippen molar-refractivity contribution in [2.45, 2.75) is 79.2 Å². The molecule has 1 rings (SSSR count). The molecule has 0 fully saturated rings. The van der Waals surface area contributed by atoms with Gasteiger partial charge in [0.2, 0.25) is 11.8 Å². The fourth-order valence-electron chi connectivity index (χ4n) is 6.00. The van der Waals surface area contributed by atoms with E-state index < -0.39 is 41.6 Å². The number of carbonyl (C=O) groups is 8. The molecule has 0 unspecified atom stereocenters. The van der Waals surface area contributed by atoms with Crippen molar-refractivity contribution in [3.05, 3.63) is 12.2 Å². The summed E-state index contributed by atoms with van der Waals surface area (Å²) in [5, 5.41) is 15.0. The Hall–Kier alpha value is -4.02. The molecule has 0 aliphatic carbocycles. The molecule has 1 heterocycles. The van der Waals surface area contributed by atoms with Crippen LogP contribution in [0.1, 0.15) is 73.1 Å². The van der Waals surface area contributed by atoms with Crippen LogP contribution < -0.4 is 10.6 Å². The number of imide groups is 1. The van der Waals surface area contributed by atoms with Crippen molar-refractivity contribution in [3.63, 3.8) is 0 Å². The fourth-order valence-corrected chi connectivity index (χ4v) is 6.00. The van der Waals surface area contributed by atoms with Gasteiger partial charge in [0.15, 0.2) is 5.78 Å². The number of rotatable bonds is 43. The summed E-state index contributed by atoms with van der Waals surface area (Å²) in [6.45, 7) is 14.8. The Morgan fingerprint density at radius 1 is 0.578 bits per heavy atom. The third kappa shape index (κ3) is 28.7. The van der Waals surface area contributed by atoms with Gasteiger partial charge in [0.05, 0.1) is 118 Å². The average molecular weight is 916 g/mol. The average Bonchev–Trinajstić information content (AvgIpc) is 3.57. The maximum absolute atomic E-state index is 12.9. The first-order valence-corrected chi connectivity index (χ1v) is 22.2. The molecule has 0 spiro atoms. The molecule has 0 aromatic carbocycles. The van der Waals surface area contributed by atoms with Gasteiger partial charge < -0.3 is 53.6 Å². The molecule has 1 aliphatic heterocycles. The molecule has 0 saturated carbocycles. The standard InChI is InChI=1S/C44H73N3O17/c1-32(2)42(37(49)30-34(5)43(54)33(3)4)46-39(51)7-6-35(44(55)56)31-36(48)11-14-57-16-18-59-20-22-61-24-26-63-28-29-64-27-25-62-23-21-60-19-17-58-15-12-45-38(50)10-13-47-40(52)8-9-41(47)53/h8-9,32-35,42H,6-7,10-31H2,1-5H3,(H,45,50)(H,46,51)(H,55,56)/t34-,35-,42+/m1/s1. The largest absolute Gasteiger partial charge is 0.481 e. The van der Waals surface area contributed by atoms with Gasteiger partial charge in [-0.25, -0.2) is 0 Å². The number of Topliss-reactive ketones (excluding diaryl/α,β-unsaturated/α-hetero) is 3. The highest BCUT2D eigenvalue weighted by atomic mass is 16.6. The first kappa shape index (κ1) is 58.0. The number of hydrogen-bond donors (Lipinski definition) is 3. The molecule has 3 N–H and O–H groups in total. The molecule has 20 heteroatoms. The van der Waals surface area contributed by atoms with Gasteiger partial charge in [-0.2, -0.15) is 0 Å². The Bertz CT molecular complexity index is 1420. The van der Waals surface area contributed by atoms with Crippen LogP contribution >= 0.6 is 0 Å². The van der Waals surface area contributed by atoms with Crippen LogP contribution in [-0.2, 0) is 76.3 Å². The quantitative estimate of drug-likeness (QED) is 0.0576. The second kappa shape index (κ2) is 36.2. The smallest absolute Gasteiger partial charge is 0.306 e. The summed E-state index contributed by atoms with van der Waals surface area (Å²) in [6.07, 6.45) is 1.96. The summed E-state index contributed by atoms with van der Waals surface area (Å²) in [4.78, 5) is 97.8.